The number of aryl methyl sites for hydroxylation is 1. The van der Waals surface area contributed by atoms with Gasteiger partial charge in [0, 0.05) is 22.8 Å². The third-order valence-corrected chi connectivity index (χ3v) is 4.12. The van der Waals surface area contributed by atoms with Crippen molar-refractivity contribution in [3.05, 3.63) is 57.0 Å². The number of hydrogen-bond acceptors (Lipinski definition) is 3. The molecule has 0 aliphatic carbocycles. The van der Waals surface area contributed by atoms with Gasteiger partial charge >= 0.3 is 5.97 Å². The van der Waals surface area contributed by atoms with Crippen LogP contribution in [-0.4, -0.2) is 11.1 Å². The van der Waals surface area contributed by atoms with E-state index in [2.05, 4.69) is 5.32 Å². The summed E-state index contributed by atoms with van der Waals surface area (Å²) in [6.45, 7) is 4.25. The summed E-state index contributed by atoms with van der Waals surface area (Å²) >= 11 is 1.40. The van der Waals surface area contributed by atoms with E-state index in [1.54, 1.807) is 24.4 Å². The second-order valence-electron chi connectivity index (χ2n) is 4.72. The number of hydrogen-bond donors (Lipinski definition) is 2. The van der Waals surface area contributed by atoms with Crippen molar-refractivity contribution in [3.8, 4) is 0 Å². The maximum atomic E-state index is 13.5. The first kappa shape index (κ1) is 14.7. The zero-order valence-corrected chi connectivity index (χ0v) is 12.1. The molecule has 0 amide bonds. The van der Waals surface area contributed by atoms with Crippen molar-refractivity contribution in [2.24, 2.45) is 0 Å². The van der Waals surface area contributed by atoms with E-state index >= 15 is 0 Å². The molecule has 2 N–H and O–H groups in total. The number of benzene rings is 1. The Morgan fingerprint density at radius 1 is 1.45 bits per heavy atom. The van der Waals surface area contributed by atoms with Gasteiger partial charge in [-0.3, -0.25) is 0 Å². The standard InChI is InChI=1S/C15H16FNO2S/c1-9-3-4-11(6-14(9)16)10(2)17-7-13-5-12(8-20-13)15(18)19/h3-6,8,10,17H,7H2,1-2H3,(H,18,19). The lowest BCUT2D eigenvalue weighted by Crippen LogP contribution is -2.17. The van der Waals surface area contributed by atoms with Crippen LogP contribution in [-0.2, 0) is 6.54 Å². The largest absolute Gasteiger partial charge is 0.478 e. The number of aromatic carboxylic acids is 1. The minimum absolute atomic E-state index is 0.000443. The van der Waals surface area contributed by atoms with Crippen molar-refractivity contribution in [2.75, 3.05) is 0 Å². The van der Waals surface area contributed by atoms with Crippen molar-refractivity contribution < 1.29 is 14.3 Å². The van der Waals surface area contributed by atoms with Gasteiger partial charge in [0.25, 0.3) is 0 Å². The molecule has 1 heterocycles. The number of carbonyl (C=O) groups is 1. The molecular formula is C15H16FNO2S. The molecular weight excluding hydrogens is 277 g/mol. The molecule has 20 heavy (non-hydrogen) atoms. The number of rotatable bonds is 5. The topological polar surface area (TPSA) is 49.3 Å². The molecule has 1 atom stereocenters. The molecule has 0 saturated heterocycles. The van der Waals surface area contributed by atoms with E-state index < -0.39 is 5.97 Å². The first-order valence-electron chi connectivity index (χ1n) is 6.27. The van der Waals surface area contributed by atoms with Crippen LogP contribution in [0.5, 0.6) is 0 Å². The Kier molecular flexibility index (Phi) is 4.52. The first-order chi connectivity index (χ1) is 9.47. The summed E-state index contributed by atoms with van der Waals surface area (Å²) in [5, 5.41) is 13.7. The van der Waals surface area contributed by atoms with E-state index in [1.165, 1.54) is 17.4 Å². The summed E-state index contributed by atoms with van der Waals surface area (Å²) in [6.07, 6.45) is 0. The quantitative estimate of drug-likeness (QED) is 0.882. The Hall–Kier alpha value is -1.72. The third-order valence-electron chi connectivity index (χ3n) is 3.18. The number of carboxylic acid groups (broad SMARTS) is 1. The average Bonchev–Trinajstić information content (AvgIpc) is 2.88. The van der Waals surface area contributed by atoms with Crippen LogP contribution in [0.15, 0.2) is 29.6 Å². The summed E-state index contributed by atoms with van der Waals surface area (Å²) in [5.41, 5.74) is 1.81. The number of carboxylic acids is 1. The van der Waals surface area contributed by atoms with Gasteiger partial charge < -0.3 is 10.4 Å². The van der Waals surface area contributed by atoms with E-state index in [1.807, 2.05) is 13.0 Å². The monoisotopic (exact) mass is 293 g/mol. The van der Waals surface area contributed by atoms with E-state index in [0.29, 0.717) is 17.7 Å². The molecule has 0 bridgehead atoms. The molecule has 1 unspecified atom stereocenters. The van der Waals surface area contributed by atoms with Gasteiger partial charge in [-0.25, -0.2) is 9.18 Å². The fourth-order valence-electron chi connectivity index (χ4n) is 1.84. The molecule has 0 aliphatic rings. The van der Waals surface area contributed by atoms with Crippen molar-refractivity contribution in [3.63, 3.8) is 0 Å². The van der Waals surface area contributed by atoms with Crippen LogP contribution in [0.25, 0.3) is 0 Å². The van der Waals surface area contributed by atoms with Gasteiger partial charge in [0.1, 0.15) is 5.82 Å². The minimum Gasteiger partial charge on any atom is -0.478 e. The zero-order chi connectivity index (χ0) is 14.7. The van der Waals surface area contributed by atoms with Crippen LogP contribution in [0.3, 0.4) is 0 Å². The SMILES string of the molecule is Cc1ccc(C(C)NCc2cc(C(=O)O)cs2)cc1F. The third kappa shape index (κ3) is 3.43. The molecule has 1 aromatic heterocycles. The van der Waals surface area contributed by atoms with Gasteiger partial charge in [0.15, 0.2) is 0 Å². The summed E-state index contributed by atoms with van der Waals surface area (Å²) in [7, 11) is 0. The van der Waals surface area contributed by atoms with Crippen LogP contribution >= 0.6 is 11.3 Å². The molecule has 3 nitrogen and oxygen atoms in total. The molecule has 2 rings (SSSR count). The summed E-state index contributed by atoms with van der Waals surface area (Å²) in [4.78, 5) is 11.7. The van der Waals surface area contributed by atoms with Gasteiger partial charge in [-0.05, 0) is 37.1 Å². The normalized spacial score (nSPS) is 12.3. The first-order valence-corrected chi connectivity index (χ1v) is 7.15. The Balaban J connectivity index is 1.98. The highest BCUT2D eigenvalue weighted by Crippen LogP contribution is 2.19. The Morgan fingerprint density at radius 3 is 2.80 bits per heavy atom. The predicted molar refractivity (Wildman–Crippen MR) is 77.7 cm³/mol. The van der Waals surface area contributed by atoms with Crippen LogP contribution < -0.4 is 5.32 Å². The fraction of sp³-hybridized carbons (Fsp3) is 0.267. The molecule has 106 valence electrons. The van der Waals surface area contributed by atoms with Gasteiger partial charge in [0.2, 0.25) is 0 Å². The molecule has 5 heteroatoms. The average molecular weight is 293 g/mol. The lowest BCUT2D eigenvalue weighted by Gasteiger charge is -2.14. The predicted octanol–water partition coefficient (Wildman–Crippen LogP) is 3.74. The molecule has 0 radical (unpaired) electrons. The van der Waals surface area contributed by atoms with Gasteiger partial charge in [-0.1, -0.05) is 12.1 Å². The number of thiophene rings is 1. The van der Waals surface area contributed by atoms with Crippen LogP contribution in [0.2, 0.25) is 0 Å². The fourth-order valence-corrected chi connectivity index (χ4v) is 2.64. The molecule has 0 fully saturated rings. The lowest BCUT2D eigenvalue weighted by atomic mass is 10.1. The summed E-state index contributed by atoms with van der Waals surface area (Å²) < 4.78 is 13.5. The van der Waals surface area contributed by atoms with E-state index in [9.17, 15) is 9.18 Å². The molecule has 0 saturated carbocycles. The maximum Gasteiger partial charge on any atom is 0.336 e. The highest BCUT2D eigenvalue weighted by molar-refractivity contribution is 7.10. The van der Waals surface area contributed by atoms with E-state index in [4.69, 9.17) is 5.11 Å². The van der Waals surface area contributed by atoms with Crippen LogP contribution in [0, 0.1) is 12.7 Å². The van der Waals surface area contributed by atoms with Crippen molar-refractivity contribution in [1.29, 1.82) is 0 Å². The highest BCUT2D eigenvalue weighted by Gasteiger charge is 2.10. The van der Waals surface area contributed by atoms with Gasteiger partial charge in [-0.2, -0.15) is 0 Å². The second kappa shape index (κ2) is 6.15. The highest BCUT2D eigenvalue weighted by atomic mass is 32.1. The van der Waals surface area contributed by atoms with Gasteiger partial charge in [-0.15, -0.1) is 11.3 Å². The Labute approximate surface area is 121 Å². The van der Waals surface area contributed by atoms with Gasteiger partial charge in [0.05, 0.1) is 5.56 Å². The summed E-state index contributed by atoms with van der Waals surface area (Å²) in [5.74, 6) is -1.12. The van der Waals surface area contributed by atoms with Crippen LogP contribution in [0.4, 0.5) is 4.39 Å². The van der Waals surface area contributed by atoms with Crippen LogP contribution in [0.1, 0.15) is 39.3 Å². The van der Waals surface area contributed by atoms with E-state index in [0.717, 1.165) is 10.4 Å². The Morgan fingerprint density at radius 2 is 2.20 bits per heavy atom. The Bertz CT molecular complexity index is 624. The summed E-state index contributed by atoms with van der Waals surface area (Å²) in [6, 6.07) is 6.84. The second-order valence-corrected chi connectivity index (χ2v) is 5.71. The van der Waals surface area contributed by atoms with Crippen molar-refractivity contribution >= 4 is 17.3 Å². The van der Waals surface area contributed by atoms with Crippen molar-refractivity contribution in [2.45, 2.75) is 26.4 Å². The number of nitrogens with one attached hydrogen (secondary N) is 1. The maximum absolute atomic E-state index is 13.5. The lowest BCUT2D eigenvalue weighted by molar-refractivity contribution is 0.0697. The van der Waals surface area contributed by atoms with Crippen molar-refractivity contribution in [1.82, 2.24) is 5.32 Å². The molecule has 1 aromatic carbocycles. The molecule has 0 spiro atoms. The minimum atomic E-state index is -0.916. The molecule has 0 aliphatic heterocycles. The smallest absolute Gasteiger partial charge is 0.336 e. The molecule has 2 aromatic rings. The zero-order valence-electron chi connectivity index (χ0n) is 11.3. The number of halogens is 1. The van der Waals surface area contributed by atoms with E-state index in [-0.39, 0.29) is 11.9 Å².